The maximum absolute atomic E-state index is 12.5. The third-order valence-electron chi connectivity index (χ3n) is 6.94. The molecule has 3 rings (SSSR count). The Morgan fingerprint density at radius 1 is 1.17 bits per heavy atom. The van der Waals surface area contributed by atoms with Crippen LogP contribution < -0.4 is 5.32 Å². The molecule has 2 heteroatoms. The molecule has 0 aromatic heterocycles. The van der Waals surface area contributed by atoms with Gasteiger partial charge in [0.25, 0.3) is 0 Å². The molecule has 4 atom stereocenters. The van der Waals surface area contributed by atoms with Crippen molar-refractivity contribution in [3.8, 4) is 0 Å². The molecular formula is C16H27NO. The average molecular weight is 249 g/mol. The predicted octanol–water partition coefficient (Wildman–Crippen LogP) is 3.02. The van der Waals surface area contributed by atoms with E-state index in [4.69, 9.17) is 0 Å². The molecule has 0 radical (unpaired) electrons. The van der Waals surface area contributed by atoms with Gasteiger partial charge in [-0.25, -0.2) is 0 Å². The van der Waals surface area contributed by atoms with Gasteiger partial charge < -0.3 is 5.32 Å². The van der Waals surface area contributed by atoms with Crippen LogP contribution in [0.2, 0.25) is 0 Å². The number of rotatable bonds is 1. The van der Waals surface area contributed by atoms with E-state index >= 15 is 0 Å². The number of hydrogen-bond acceptors (Lipinski definition) is 2. The summed E-state index contributed by atoms with van der Waals surface area (Å²) < 4.78 is 0. The van der Waals surface area contributed by atoms with Gasteiger partial charge in [-0.2, -0.15) is 0 Å². The van der Waals surface area contributed by atoms with E-state index in [1.165, 1.54) is 12.8 Å². The third-order valence-corrected chi connectivity index (χ3v) is 6.94. The molecule has 2 nitrogen and oxygen atoms in total. The Hall–Kier alpha value is -0.370. The van der Waals surface area contributed by atoms with Crippen LogP contribution in [0.1, 0.15) is 53.4 Å². The number of hydrogen-bond donors (Lipinski definition) is 1. The molecule has 0 aliphatic heterocycles. The lowest BCUT2D eigenvalue weighted by atomic mass is 9.48. The zero-order valence-electron chi connectivity index (χ0n) is 12.5. The second-order valence-corrected chi connectivity index (χ2v) is 8.17. The van der Waals surface area contributed by atoms with E-state index in [-0.39, 0.29) is 10.8 Å². The van der Waals surface area contributed by atoms with Crippen molar-refractivity contribution in [1.29, 1.82) is 0 Å². The molecular weight excluding hydrogens is 222 g/mol. The summed E-state index contributed by atoms with van der Waals surface area (Å²) in [6.45, 7) is 9.49. The van der Waals surface area contributed by atoms with Crippen molar-refractivity contribution in [2.24, 2.45) is 28.1 Å². The van der Waals surface area contributed by atoms with Gasteiger partial charge in [0.15, 0.2) is 0 Å². The Balaban J connectivity index is 2.12. The van der Waals surface area contributed by atoms with Crippen molar-refractivity contribution in [3.63, 3.8) is 0 Å². The molecule has 0 aromatic carbocycles. The Kier molecular flexibility index (Phi) is 2.38. The summed E-state index contributed by atoms with van der Waals surface area (Å²) in [5, 5.41) is 3.52. The van der Waals surface area contributed by atoms with Crippen molar-refractivity contribution in [1.82, 2.24) is 5.32 Å². The Morgan fingerprint density at radius 2 is 1.83 bits per heavy atom. The van der Waals surface area contributed by atoms with E-state index in [1.54, 1.807) is 0 Å². The lowest BCUT2D eigenvalue weighted by Gasteiger charge is -2.56. The summed E-state index contributed by atoms with van der Waals surface area (Å²) in [6.07, 6.45) is 4.36. The minimum atomic E-state index is 0.181. The SMILES string of the molecule is CNC1C[C@]23C[C@H]1C(C)(C)[C@@H]2C(=O)CCC3(C)C. The highest BCUT2D eigenvalue weighted by molar-refractivity contribution is 5.84. The number of Topliss-reactive ketones (excluding diaryl/α,β-unsaturated/α-hetero) is 1. The van der Waals surface area contributed by atoms with Gasteiger partial charge in [0, 0.05) is 18.4 Å². The fourth-order valence-corrected chi connectivity index (χ4v) is 5.89. The van der Waals surface area contributed by atoms with Crippen molar-refractivity contribution >= 4 is 5.78 Å². The minimum absolute atomic E-state index is 0.181. The normalized spacial score (nSPS) is 48.3. The number of ketones is 1. The first-order valence-electron chi connectivity index (χ1n) is 7.46. The second kappa shape index (κ2) is 3.39. The van der Waals surface area contributed by atoms with Crippen molar-refractivity contribution in [2.45, 2.75) is 59.4 Å². The standard InChI is InChI=1S/C16H27NO/c1-14(2)7-6-12(18)13-15(3,4)10-8-16(13,14)9-11(10)17-5/h10-11,13,17H,6-9H2,1-5H3/t10-,11?,13+,16-/m1/s1. The van der Waals surface area contributed by atoms with Gasteiger partial charge in [-0.05, 0) is 48.5 Å². The van der Waals surface area contributed by atoms with Crippen LogP contribution >= 0.6 is 0 Å². The zero-order valence-corrected chi connectivity index (χ0v) is 12.5. The topological polar surface area (TPSA) is 29.1 Å². The minimum Gasteiger partial charge on any atom is -0.317 e. The molecule has 1 unspecified atom stereocenters. The smallest absolute Gasteiger partial charge is 0.137 e. The highest BCUT2D eigenvalue weighted by Gasteiger charge is 2.72. The molecule has 3 saturated carbocycles. The van der Waals surface area contributed by atoms with Crippen LogP contribution in [0.3, 0.4) is 0 Å². The van der Waals surface area contributed by atoms with Crippen molar-refractivity contribution in [2.75, 3.05) is 7.05 Å². The molecule has 102 valence electrons. The van der Waals surface area contributed by atoms with Crippen molar-refractivity contribution in [3.05, 3.63) is 0 Å². The largest absolute Gasteiger partial charge is 0.317 e. The maximum atomic E-state index is 12.5. The van der Waals surface area contributed by atoms with Gasteiger partial charge in [-0.15, -0.1) is 0 Å². The van der Waals surface area contributed by atoms with Gasteiger partial charge in [0.1, 0.15) is 5.78 Å². The van der Waals surface area contributed by atoms with Crippen LogP contribution in [0.15, 0.2) is 0 Å². The first kappa shape index (κ1) is 12.7. The lowest BCUT2D eigenvalue weighted by molar-refractivity contribution is -0.147. The Labute approximate surface area is 111 Å². The molecule has 3 aliphatic carbocycles. The Bertz CT molecular complexity index is 398. The highest BCUT2D eigenvalue weighted by atomic mass is 16.1. The van der Waals surface area contributed by atoms with Crippen LogP contribution in [-0.2, 0) is 4.79 Å². The average Bonchev–Trinajstić information content (AvgIpc) is 2.76. The van der Waals surface area contributed by atoms with E-state index < -0.39 is 0 Å². The van der Waals surface area contributed by atoms with Gasteiger partial charge in [0.05, 0.1) is 0 Å². The molecule has 0 heterocycles. The molecule has 0 aromatic rings. The van der Waals surface area contributed by atoms with E-state index in [0.717, 1.165) is 12.8 Å². The predicted molar refractivity (Wildman–Crippen MR) is 73.3 cm³/mol. The van der Waals surface area contributed by atoms with E-state index in [2.05, 4.69) is 40.1 Å². The fourth-order valence-electron chi connectivity index (χ4n) is 5.89. The summed E-state index contributed by atoms with van der Waals surface area (Å²) in [4.78, 5) is 12.5. The number of carbonyl (C=O) groups is 1. The fraction of sp³-hybridized carbons (Fsp3) is 0.938. The van der Waals surface area contributed by atoms with E-state index in [1.807, 2.05) is 0 Å². The van der Waals surface area contributed by atoms with Crippen LogP contribution in [0.4, 0.5) is 0 Å². The van der Waals surface area contributed by atoms with E-state index in [0.29, 0.717) is 29.1 Å². The molecule has 3 fully saturated rings. The first-order chi connectivity index (χ1) is 8.26. The van der Waals surface area contributed by atoms with Gasteiger partial charge in [-0.3, -0.25) is 4.79 Å². The van der Waals surface area contributed by atoms with Gasteiger partial charge >= 0.3 is 0 Å². The summed E-state index contributed by atoms with van der Waals surface area (Å²) in [7, 11) is 2.09. The molecule has 1 spiro atoms. The van der Waals surface area contributed by atoms with E-state index in [9.17, 15) is 4.79 Å². The number of fused-ring (bicyclic) bond motifs is 1. The quantitative estimate of drug-likeness (QED) is 0.774. The monoisotopic (exact) mass is 249 g/mol. The van der Waals surface area contributed by atoms with Gasteiger partial charge in [-0.1, -0.05) is 27.7 Å². The number of nitrogens with one attached hydrogen (secondary N) is 1. The second-order valence-electron chi connectivity index (χ2n) is 8.17. The summed E-state index contributed by atoms with van der Waals surface area (Å²) in [6, 6.07) is 0.612. The van der Waals surface area contributed by atoms with Crippen LogP contribution in [0.25, 0.3) is 0 Å². The Morgan fingerprint density at radius 3 is 2.44 bits per heavy atom. The number of carbonyl (C=O) groups excluding carboxylic acids is 1. The summed E-state index contributed by atoms with van der Waals surface area (Å²) in [5.74, 6) is 1.54. The lowest BCUT2D eigenvalue weighted by Crippen LogP contribution is -2.56. The molecule has 0 amide bonds. The van der Waals surface area contributed by atoms with Crippen molar-refractivity contribution < 1.29 is 4.79 Å². The molecule has 2 bridgehead atoms. The molecule has 1 N–H and O–H groups in total. The summed E-state index contributed by atoms with van der Waals surface area (Å²) >= 11 is 0. The molecule has 0 saturated heterocycles. The first-order valence-corrected chi connectivity index (χ1v) is 7.46. The van der Waals surface area contributed by atoms with Gasteiger partial charge in [0.2, 0.25) is 0 Å². The zero-order chi connectivity index (χ0) is 13.3. The molecule has 3 aliphatic rings. The van der Waals surface area contributed by atoms with Crippen LogP contribution in [-0.4, -0.2) is 18.9 Å². The third kappa shape index (κ3) is 1.21. The highest BCUT2D eigenvalue weighted by Crippen LogP contribution is 2.74. The maximum Gasteiger partial charge on any atom is 0.137 e. The van der Waals surface area contributed by atoms with Crippen LogP contribution in [0, 0.1) is 28.1 Å². The molecule has 18 heavy (non-hydrogen) atoms. The van der Waals surface area contributed by atoms with Crippen LogP contribution in [0.5, 0.6) is 0 Å². The summed E-state index contributed by atoms with van der Waals surface area (Å²) in [5.41, 5.74) is 0.772.